The quantitative estimate of drug-likeness (QED) is 0.421. The van der Waals surface area contributed by atoms with E-state index in [9.17, 15) is 22.0 Å². The van der Waals surface area contributed by atoms with E-state index < -0.39 is 33.1 Å². The topological polar surface area (TPSA) is 131 Å². The summed E-state index contributed by atoms with van der Waals surface area (Å²) >= 11 is 0.692. The summed E-state index contributed by atoms with van der Waals surface area (Å²) in [6, 6.07) is 1.55. The summed E-state index contributed by atoms with van der Waals surface area (Å²) in [7, 11) is -2.34. The third-order valence-corrected chi connectivity index (χ3v) is 9.81. The predicted molar refractivity (Wildman–Crippen MR) is 136 cm³/mol. The number of sulfonamides is 1. The molecule has 1 N–H and O–H groups in total. The van der Waals surface area contributed by atoms with E-state index >= 15 is 0 Å². The SMILES string of the molecule is COC1CN(C(=O)[C@@H]2CN(c3cc(S(=O)(=O)NC4(C)CC4)cn4c(-c5nnc(C(F)F)s5)ncc34)CCO2)C1. The Morgan fingerprint density at radius 1 is 1.28 bits per heavy atom. The maximum Gasteiger partial charge on any atom is 0.291 e. The fourth-order valence-electron chi connectivity index (χ4n) is 4.69. The molecule has 3 aromatic heterocycles. The number of likely N-dealkylation sites (tertiary alicyclic amines) is 1. The highest BCUT2D eigenvalue weighted by atomic mass is 32.2. The number of pyridine rings is 1. The lowest BCUT2D eigenvalue weighted by Crippen LogP contribution is -2.60. The Morgan fingerprint density at radius 2 is 2.05 bits per heavy atom. The summed E-state index contributed by atoms with van der Waals surface area (Å²) in [5.41, 5.74) is 0.549. The standard InChI is InChI=1S/C23H27F2N7O5S2/c1-23(3-4-23)29-39(34,35)14-7-15(30-5-6-37-17(12-30)22(33)31-9-13(10-31)36-2)16-8-26-19(32(16)11-14)21-28-27-20(38-21)18(24)25/h7-8,11,13,17-18,29H,3-6,9-10,12H2,1-2H3/t17-/m0/s1. The van der Waals surface area contributed by atoms with Gasteiger partial charge in [0.2, 0.25) is 10.0 Å². The monoisotopic (exact) mass is 583 g/mol. The number of methoxy groups -OCH3 is 1. The number of hydrogen-bond acceptors (Lipinski definition) is 10. The molecule has 1 saturated carbocycles. The molecule has 1 amide bonds. The van der Waals surface area contributed by atoms with Crippen LogP contribution in [0.2, 0.25) is 0 Å². The first kappa shape index (κ1) is 26.4. The number of aromatic nitrogens is 4. The average molecular weight is 584 g/mol. The lowest BCUT2D eigenvalue weighted by atomic mass is 10.1. The van der Waals surface area contributed by atoms with Gasteiger partial charge in [-0.05, 0) is 25.8 Å². The first-order chi connectivity index (χ1) is 18.6. The number of carbonyl (C=O) groups is 1. The Kier molecular flexibility index (Phi) is 6.57. The van der Waals surface area contributed by atoms with E-state index in [0.717, 1.165) is 12.8 Å². The van der Waals surface area contributed by atoms with Gasteiger partial charge in [-0.15, -0.1) is 10.2 Å². The molecule has 1 atom stereocenters. The van der Waals surface area contributed by atoms with Crippen molar-refractivity contribution in [3.8, 4) is 10.8 Å². The van der Waals surface area contributed by atoms with Crippen LogP contribution in [0.4, 0.5) is 14.5 Å². The molecule has 0 unspecified atom stereocenters. The molecule has 3 fully saturated rings. The molecule has 12 nitrogen and oxygen atoms in total. The molecule has 39 heavy (non-hydrogen) atoms. The highest BCUT2D eigenvalue weighted by Gasteiger charge is 2.42. The van der Waals surface area contributed by atoms with Gasteiger partial charge in [-0.2, -0.15) is 0 Å². The lowest BCUT2D eigenvalue weighted by molar-refractivity contribution is -0.156. The number of nitrogens with one attached hydrogen (secondary N) is 1. The minimum absolute atomic E-state index is 0.00661. The Morgan fingerprint density at radius 3 is 2.72 bits per heavy atom. The number of fused-ring (bicyclic) bond motifs is 1. The average Bonchev–Trinajstić information content (AvgIpc) is 3.25. The summed E-state index contributed by atoms with van der Waals surface area (Å²) in [6.07, 6.45) is 0.883. The van der Waals surface area contributed by atoms with Crippen LogP contribution in [0.5, 0.6) is 0 Å². The van der Waals surface area contributed by atoms with Crippen molar-refractivity contribution in [1.82, 2.24) is 29.2 Å². The number of amides is 1. The number of morpholine rings is 1. The van der Waals surface area contributed by atoms with Gasteiger partial charge in [0, 0.05) is 38.5 Å². The number of rotatable bonds is 8. The van der Waals surface area contributed by atoms with Crippen LogP contribution in [0.25, 0.3) is 16.3 Å². The van der Waals surface area contributed by atoms with Crippen LogP contribution in [0.3, 0.4) is 0 Å². The van der Waals surface area contributed by atoms with Crippen LogP contribution in [0, 0.1) is 0 Å². The van der Waals surface area contributed by atoms with Gasteiger partial charge in [0.15, 0.2) is 21.9 Å². The number of halogens is 2. The normalized spacial score (nSPS) is 21.5. The third-order valence-electron chi connectivity index (χ3n) is 7.28. The zero-order valence-corrected chi connectivity index (χ0v) is 22.8. The fourth-order valence-corrected chi connectivity index (χ4v) is 6.86. The van der Waals surface area contributed by atoms with E-state index in [-0.39, 0.29) is 40.9 Å². The molecular weight excluding hydrogens is 556 g/mol. The van der Waals surface area contributed by atoms with Crippen LogP contribution in [0.1, 0.15) is 31.2 Å². The highest BCUT2D eigenvalue weighted by Crippen LogP contribution is 2.38. The Labute approximate surface area is 227 Å². The zero-order chi connectivity index (χ0) is 27.5. The number of anilines is 1. The number of alkyl halides is 2. The van der Waals surface area contributed by atoms with Crippen molar-refractivity contribution in [3.63, 3.8) is 0 Å². The van der Waals surface area contributed by atoms with Crippen LogP contribution in [-0.2, 0) is 24.3 Å². The zero-order valence-electron chi connectivity index (χ0n) is 21.2. The predicted octanol–water partition coefficient (Wildman–Crippen LogP) is 1.68. The Bertz CT molecular complexity index is 1520. The van der Waals surface area contributed by atoms with Gasteiger partial charge in [-0.1, -0.05) is 11.3 Å². The summed E-state index contributed by atoms with van der Waals surface area (Å²) in [5, 5.41) is 7.09. The second-order valence-corrected chi connectivity index (χ2v) is 12.9. The van der Waals surface area contributed by atoms with Crippen molar-refractivity contribution >= 4 is 38.5 Å². The first-order valence-electron chi connectivity index (χ1n) is 12.4. The minimum Gasteiger partial charge on any atom is -0.378 e. The Hall–Kier alpha value is -2.79. The van der Waals surface area contributed by atoms with Crippen molar-refractivity contribution in [1.29, 1.82) is 0 Å². The molecular formula is C23H27F2N7O5S2. The van der Waals surface area contributed by atoms with E-state index in [1.165, 1.54) is 16.8 Å². The molecule has 16 heteroatoms. The second-order valence-electron chi connectivity index (χ2n) is 10.2. The highest BCUT2D eigenvalue weighted by molar-refractivity contribution is 7.89. The van der Waals surface area contributed by atoms with E-state index in [1.54, 1.807) is 18.1 Å². The molecule has 0 radical (unpaired) electrons. The fraction of sp³-hybridized carbons (Fsp3) is 0.565. The van der Waals surface area contributed by atoms with Gasteiger partial charge in [0.1, 0.15) is 4.90 Å². The number of hydrogen-bond donors (Lipinski definition) is 1. The maximum absolute atomic E-state index is 13.4. The van der Waals surface area contributed by atoms with Crippen molar-refractivity contribution in [2.24, 2.45) is 0 Å². The molecule has 210 valence electrons. The van der Waals surface area contributed by atoms with Crippen LogP contribution in [-0.4, -0.2) is 96.4 Å². The van der Waals surface area contributed by atoms with Gasteiger partial charge in [-0.25, -0.2) is 26.9 Å². The van der Waals surface area contributed by atoms with Crippen LogP contribution >= 0.6 is 11.3 Å². The molecule has 0 bridgehead atoms. The molecule has 3 aliphatic rings. The van der Waals surface area contributed by atoms with Gasteiger partial charge < -0.3 is 19.3 Å². The molecule has 6 rings (SSSR count). The van der Waals surface area contributed by atoms with Gasteiger partial charge >= 0.3 is 0 Å². The lowest BCUT2D eigenvalue weighted by Gasteiger charge is -2.42. The summed E-state index contributed by atoms with van der Waals surface area (Å²) < 4.78 is 68.5. The molecule has 0 spiro atoms. The van der Waals surface area contributed by atoms with E-state index in [0.29, 0.717) is 42.2 Å². The Balaban J connectivity index is 1.39. The summed E-state index contributed by atoms with van der Waals surface area (Å²) in [6.45, 7) is 3.68. The maximum atomic E-state index is 13.4. The first-order valence-corrected chi connectivity index (χ1v) is 14.7. The smallest absolute Gasteiger partial charge is 0.291 e. The third kappa shape index (κ3) is 4.99. The summed E-state index contributed by atoms with van der Waals surface area (Å²) in [4.78, 5) is 21.0. The number of carbonyl (C=O) groups excluding carboxylic acids is 1. The molecule has 0 aromatic carbocycles. The van der Waals surface area contributed by atoms with Crippen LogP contribution < -0.4 is 9.62 Å². The minimum atomic E-state index is -3.94. The number of imidazole rings is 1. The van der Waals surface area contributed by atoms with Crippen molar-refractivity contribution in [3.05, 3.63) is 23.5 Å². The van der Waals surface area contributed by atoms with E-state index in [4.69, 9.17) is 9.47 Å². The molecule has 3 aromatic rings. The number of nitrogens with zero attached hydrogens (tertiary/aromatic N) is 6. The second kappa shape index (κ2) is 9.69. The van der Waals surface area contributed by atoms with Gasteiger partial charge in [-0.3, -0.25) is 9.20 Å². The van der Waals surface area contributed by atoms with Crippen molar-refractivity contribution in [2.45, 2.75) is 48.8 Å². The van der Waals surface area contributed by atoms with Crippen LogP contribution in [0.15, 0.2) is 23.4 Å². The van der Waals surface area contributed by atoms with Gasteiger partial charge in [0.05, 0.1) is 36.7 Å². The van der Waals surface area contributed by atoms with Gasteiger partial charge in [0.25, 0.3) is 12.3 Å². The molecule has 5 heterocycles. The molecule has 2 aliphatic heterocycles. The van der Waals surface area contributed by atoms with Crippen molar-refractivity contribution < 1.29 is 31.5 Å². The van der Waals surface area contributed by atoms with E-state index in [1.807, 2.05) is 11.8 Å². The largest absolute Gasteiger partial charge is 0.378 e. The summed E-state index contributed by atoms with van der Waals surface area (Å²) in [5.74, 6) is 0.0381. The molecule has 2 saturated heterocycles. The molecule has 1 aliphatic carbocycles. The van der Waals surface area contributed by atoms with E-state index in [2.05, 4.69) is 19.9 Å². The number of ether oxygens (including phenoxy) is 2. The van der Waals surface area contributed by atoms with Crippen molar-refractivity contribution in [2.75, 3.05) is 44.8 Å².